The third kappa shape index (κ3) is 4.70. The lowest BCUT2D eigenvalue weighted by Gasteiger charge is -2.10. The molecule has 0 aliphatic heterocycles. The third-order valence-electron chi connectivity index (χ3n) is 2.74. The lowest BCUT2D eigenvalue weighted by molar-refractivity contribution is -0.118. The number of benzene rings is 2. The fourth-order valence-corrected chi connectivity index (χ4v) is 2.96. The zero-order chi connectivity index (χ0) is 16.2. The predicted molar refractivity (Wildman–Crippen MR) is 92.8 cm³/mol. The van der Waals surface area contributed by atoms with Crippen LogP contribution in [0.3, 0.4) is 0 Å². The largest absolute Gasteiger partial charge is 0.484 e. The second-order valence-corrected chi connectivity index (χ2v) is 7.79. The molecule has 0 aliphatic rings. The van der Waals surface area contributed by atoms with Crippen molar-refractivity contribution in [1.29, 1.82) is 0 Å². The average Bonchev–Trinajstić information content (AvgIpc) is 2.46. The molecular formula is C15H14INO4S. The van der Waals surface area contributed by atoms with E-state index < -0.39 is 15.7 Å². The fourth-order valence-electron chi connectivity index (χ4n) is 1.76. The number of nitrogens with one attached hydrogen (secondary N) is 1. The first-order valence-electron chi connectivity index (χ1n) is 6.33. The smallest absolute Gasteiger partial charge is 0.262 e. The average molecular weight is 431 g/mol. The van der Waals surface area contributed by atoms with Gasteiger partial charge in [0, 0.05) is 9.83 Å². The van der Waals surface area contributed by atoms with Crippen molar-refractivity contribution < 1.29 is 17.9 Å². The summed E-state index contributed by atoms with van der Waals surface area (Å²) in [7, 11) is -3.41. The van der Waals surface area contributed by atoms with E-state index in [1.807, 2.05) is 12.1 Å². The molecule has 0 saturated carbocycles. The Labute approximate surface area is 142 Å². The van der Waals surface area contributed by atoms with E-state index >= 15 is 0 Å². The Kier molecular flexibility index (Phi) is 5.41. The van der Waals surface area contributed by atoms with E-state index in [0.29, 0.717) is 5.75 Å². The number of ether oxygens (including phenoxy) is 1. The molecule has 22 heavy (non-hydrogen) atoms. The SMILES string of the molecule is CS(=O)(=O)c1ccccc1NC(=O)COc1ccc(I)cc1. The summed E-state index contributed by atoms with van der Waals surface area (Å²) in [6.07, 6.45) is 1.10. The van der Waals surface area contributed by atoms with E-state index in [0.717, 1.165) is 9.83 Å². The maximum atomic E-state index is 11.9. The molecule has 0 aromatic heterocycles. The molecule has 1 amide bonds. The van der Waals surface area contributed by atoms with Crippen LogP contribution in [0.5, 0.6) is 5.75 Å². The summed E-state index contributed by atoms with van der Waals surface area (Å²) >= 11 is 2.17. The summed E-state index contributed by atoms with van der Waals surface area (Å²) in [5.74, 6) is 0.154. The van der Waals surface area contributed by atoms with Gasteiger partial charge in [0.2, 0.25) is 0 Å². The Morgan fingerprint density at radius 2 is 1.77 bits per heavy atom. The van der Waals surface area contributed by atoms with Gasteiger partial charge >= 0.3 is 0 Å². The van der Waals surface area contributed by atoms with Crippen LogP contribution >= 0.6 is 22.6 Å². The molecule has 0 fully saturated rings. The van der Waals surface area contributed by atoms with E-state index in [4.69, 9.17) is 4.74 Å². The first-order chi connectivity index (χ1) is 10.4. The lowest BCUT2D eigenvalue weighted by atomic mass is 10.3. The molecule has 0 bridgehead atoms. The van der Waals surface area contributed by atoms with Gasteiger partial charge in [0.25, 0.3) is 5.91 Å². The third-order valence-corrected chi connectivity index (χ3v) is 4.62. The van der Waals surface area contributed by atoms with Crippen molar-refractivity contribution in [2.24, 2.45) is 0 Å². The Morgan fingerprint density at radius 3 is 2.41 bits per heavy atom. The molecule has 0 radical (unpaired) electrons. The van der Waals surface area contributed by atoms with Crippen LogP contribution in [0.15, 0.2) is 53.4 Å². The van der Waals surface area contributed by atoms with Crippen molar-refractivity contribution in [2.75, 3.05) is 18.2 Å². The monoisotopic (exact) mass is 431 g/mol. The summed E-state index contributed by atoms with van der Waals surface area (Å²) in [5, 5.41) is 2.55. The Morgan fingerprint density at radius 1 is 1.14 bits per heavy atom. The molecule has 0 aliphatic carbocycles. The minimum absolute atomic E-state index is 0.0811. The second kappa shape index (κ2) is 7.10. The Bertz CT molecular complexity index is 772. The van der Waals surface area contributed by atoms with Crippen LogP contribution in [-0.4, -0.2) is 27.2 Å². The summed E-state index contributed by atoms with van der Waals surface area (Å²) in [5.41, 5.74) is 0.251. The normalized spacial score (nSPS) is 11.0. The quantitative estimate of drug-likeness (QED) is 0.740. The van der Waals surface area contributed by atoms with Crippen molar-refractivity contribution in [2.45, 2.75) is 4.90 Å². The summed E-state index contributed by atoms with van der Waals surface area (Å²) in [4.78, 5) is 12.0. The number of rotatable bonds is 5. The van der Waals surface area contributed by atoms with E-state index in [1.54, 1.807) is 30.3 Å². The number of hydrogen-bond donors (Lipinski definition) is 1. The van der Waals surface area contributed by atoms with Crippen LogP contribution in [0.2, 0.25) is 0 Å². The van der Waals surface area contributed by atoms with Gasteiger partial charge in [-0.1, -0.05) is 12.1 Å². The minimum Gasteiger partial charge on any atom is -0.484 e. The number of anilines is 1. The van der Waals surface area contributed by atoms with Crippen molar-refractivity contribution in [3.8, 4) is 5.75 Å². The zero-order valence-electron chi connectivity index (χ0n) is 11.7. The highest BCUT2D eigenvalue weighted by molar-refractivity contribution is 14.1. The summed E-state index contributed by atoms with van der Waals surface area (Å²) in [6.45, 7) is -0.196. The summed E-state index contributed by atoms with van der Waals surface area (Å²) < 4.78 is 29.7. The van der Waals surface area contributed by atoms with E-state index in [2.05, 4.69) is 27.9 Å². The zero-order valence-corrected chi connectivity index (χ0v) is 14.7. The molecule has 5 nitrogen and oxygen atoms in total. The topological polar surface area (TPSA) is 72.5 Å². The van der Waals surface area contributed by atoms with Crippen LogP contribution in [0, 0.1) is 3.57 Å². The maximum absolute atomic E-state index is 11.9. The molecule has 0 heterocycles. The number of carbonyl (C=O) groups is 1. The van der Waals surface area contributed by atoms with Crippen molar-refractivity contribution in [3.63, 3.8) is 0 Å². The molecule has 0 spiro atoms. The number of amides is 1. The van der Waals surface area contributed by atoms with Gasteiger partial charge in [-0.25, -0.2) is 8.42 Å². The van der Waals surface area contributed by atoms with E-state index in [1.165, 1.54) is 6.07 Å². The van der Waals surface area contributed by atoms with E-state index in [-0.39, 0.29) is 17.2 Å². The van der Waals surface area contributed by atoms with Crippen LogP contribution in [0.25, 0.3) is 0 Å². The number of halogens is 1. The molecule has 116 valence electrons. The standard InChI is InChI=1S/C15H14INO4S/c1-22(19,20)14-5-3-2-4-13(14)17-15(18)10-21-12-8-6-11(16)7-9-12/h2-9H,10H2,1H3,(H,17,18). The summed E-state index contributed by atoms with van der Waals surface area (Å²) in [6, 6.07) is 13.5. The molecule has 7 heteroatoms. The molecule has 0 unspecified atom stereocenters. The molecule has 2 aromatic carbocycles. The van der Waals surface area contributed by atoms with Crippen molar-refractivity contribution in [3.05, 3.63) is 52.1 Å². The first-order valence-corrected chi connectivity index (χ1v) is 9.30. The highest BCUT2D eigenvalue weighted by Gasteiger charge is 2.14. The second-order valence-electron chi connectivity index (χ2n) is 4.56. The van der Waals surface area contributed by atoms with Crippen molar-refractivity contribution >= 4 is 44.0 Å². The Balaban J connectivity index is 2.02. The maximum Gasteiger partial charge on any atom is 0.262 e. The van der Waals surface area contributed by atoms with Gasteiger partial charge in [0.05, 0.1) is 10.6 Å². The van der Waals surface area contributed by atoms with Crippen LogP contribution in [-0.2, 0) is 14.6 Å². The fraction of sp³-hybridized carbons (Fsp3) is 0.133. The molecule has 2 aromatic rings. The Hall–Kier alpha value is -1.61. The molecule has 1 N–H and O–H groups in total. The van der Waals surface area contributed by atoms with Gasteiger partial charge in [0.15, 0.2) is 16.4 Å². The number of sulfone groups is 1. The molecule has 0 atom stereocenters. The van der Waals surface area contributed by atoms with Crippen molar-refractivity contribution in [1.82, 2.24) is 0 Å². The highest BCUT2D eigenvalue weighted by atomic mass is 127. The lowest BCUT2D eigenvalue weighted by Crippen LogP contribution is -2.21. The predicted octanol–water partition coefficient (Wildman–Crippen LogP) is 2.71. The van der Waals surface area contributed by atoms with E-state index in [9.17, 15) is 13.2 Å². The van der Waals surface area contributed by atoms with Crippen LogP contribution in [0.4, 0.5) is 5.69 Å². The van der Waals surface area contributed by atoms with Gasteiger partial charge in [-0.15, -0.1) is 0 Å². The first kappa shape index (κ1) is 16.8. The molecular weight excluding hydrogens is 417 g/mol. The van der Waals surface area contributed by atoms with Gasteiger partial charge in [-0.3, -0.25) is 4.79 Å². The number of carbonyl (C=O) groups excluding carboxylic acids is 1. The van der Waals surface area contributed by atoms with Gasteiger partial charge in [0.1, 0.15) is 5.75 Å². The molecule has 0 saturated heterocycles. The number of hydrogen-bond acceptors (Lipinski definition) is 4. The minimum atomic E-state index is -3.41. The number of para-hydroxylation sites is 1. The van der Waals surface area contributed by atoms with Gasteiger partial charge < -0.3 is 10.1 Å². The van der Waals surface area contributed by atoms with Crippen LogP contribution in [0.1, 0.15) is 0 Å². The van der Waals surface area contributed by atoms with Gasteiger partial charge in [-0.2, -0.15) is 0 Å². The molecule has 2 rings (SSSR count). The van der Waals surface area contributed by atoms with Gasteiger partial charge in [-0.05, 0) is 59.0 Å². The van der Waals surface area contributed by atoms with Crippen LogP contribution < -0.4 is 10.1 Å². The highest BCUT2D eigenvalue weighted by Crippen LogP contribution is 2.20.